The van der Waals surface area contributed by atoms with Gasteiger partial charge in [0.1, 0.15) is 24.2 Å². The van der Waals surface area contributed by atoms with Crippen molar-refractivity contribution in [2.45, 2.75) is 43.8 Å². The summed E-state index contributed by atoms with van der Waals surface area (Å²) in [5, 5.41) is 9.01. The van der Waals surface area contributed by atoms with Crippen LogP contribution in [0.5, 0.6) is 5.75 Å². The molecule has 0 spiro atoms. The fraction of sp³-hybridized carbons (Fsp3) is 0.233. The molecule has 1 aliphatic heterocycles. The second-order valence-electron chi connectivity index (χ2n) is 9.19. The van der Waals surface area contributed by atoms with E-state index in [-0.39, 0.29) is 5.82 Å². The molecule has 0 saturated heterocycles. The molecule has 5 rings (SSSR count). The maximum atomic E-state index is 14.2. The van der Waals surface area contributed by atoms with Gasteiger partial charge in [0.15, 0.2) is 0 Å². The third kappa shape index (κ3) is 6.16. The average Bonchev–Trinajstić information content (AvgIpc) is 3.37. The van der Waals surface area contributed by atoms with Gasteiger partial charge < -0.3 is 14.8 Å². The number of nitrogens with one attached hydrogen (secondary N) is 1. The largest absolute Gasteiger partial charge is 0.489 e. The van der Waals surface area contributed by atoms with E-state index < -0.39 is 12.0 Å². The highest BCUT2D eigenvalue weighted by Crippen LogP contribution is 2.37. The molecule has 40 heavy (non-hydrogen) atoms. The van der Waals surface area contributed by atoms with Gasteiger partial charge in [0.2, 0.25) is 11.1 Å². The number of carbonyl (C=O) groups is 1. The van der Waals surface area contributed by atoms with Crippen molar-refractivity contribution in [1.82, 2.24) is 14.8 Å². The highest BCUT2D eigenvalue weighted by Gasteiger charge is 2.35. The first-order chi connectivity index (χ1) is 19.4. The highest BCUT2D eigenvalue weighted by molar-refractivity contribution is 7.98. The summed E-state index contributed by atoms with van der Waals surface area (Å²) in [6.07, 6.45) is 0.707. The van der Waals surface area contributed by atoms with Crippen molar-refractivity contribution in [1.29, 1.82) is 0 Å². The van der Waals surface area contributed by atoms with Crippen LogP contribution in [0.3, 0.4) is 0 Å². The number of ether oxygens (including phenoxy) is 2. The molecule has 0 saturated carbocycles. The van der Waals surface area contributed by atoms with Crippen LogP contribution in [0.2, 0.25) is 5.02 Å². The molecule has 2 heterocycles. The Morgan fingerprint density at radius 3 is 2.52 bits per heavy atom. The van der Waals surface area contributed by atoms with Crippen LogP contribution in [0.25, 0.3) is 0 Å². The number of carbonyl (C=O) groups excluding carboxylic acids is 1. The summed E-state index contributed by atoms with van der Waals surface area (Å²) in [6.45, 7) is 4.41. The fourth-order valence-corrected chi connectivity index (χ4v) is 5.32. The number of rotatable bonds is 10. The standard InChI is InChI=1S/C30H28ClFN4O3S/c1-3-16-38-28(37)26-19(2)33-29-34-30(40-18-22-9-5-7-11-25(22)32)35-36(29)27(26)20-12-14-23(15-13-20)39-17-21-8-4-6-10-24(21)31/h4-15,27H,3,16-18H2,1-2H3,(H,33,34,35). The smallest absolute Gasteiger partial charge is 0.338 e. The van der Waals surface area contributed by atoms with E-state index in [2.05, 4.69) is 10.3 Å². The molecule has 206 valence electrons. The Balaban J connectivity index is 1.42. The van der Waals surface area contributed by atoms with Gasteiger partial charge in [0.05, 0.1) is 12.2 Å². The minimum Gasteiger partial charge on any atom is -0.489 e. The van der Waals surface area contributed by atoms with Gasteiger partial charge in [-0.1, -0.05) is 78.8 Å². The van der Waals surface area contributed by atoms with Gasteiger partial charge in [0.25, 0.3) is 0 Å². The van der Waals surface area contributed by atoms with Crippen molar-refractivity contribution in [3.63, 3.8) is 0 Å². The fourth-order valence-electron chi connectivity index (χ4n) is 4.32. The maximum absolute atomic E-state index is 14.2. The average molecular weight is 579 g/mol. The van der Waals surface area contributed by atoms with E-state index in [0.29, 0.717) is 64.1 Å². The zero-order valence-corrected chi connectivity index (χ0v) is 23.6. The Hall–Kier alpha value is -3.82. The van der Waals surface area contributed by atoms with E-state index in [1.165, 1.54) is 17.8 Å². The van der Waals surface area contributed by atoms with Gasteiger partial charge in [-0.3, -0.25) is 0 Å². The molecule has 7 nitrogen and oxygen atoms in total. The molecule has 0 radical (unpaired) electrons. The summed E-state index contributed by atoms with van der Waals surface area (Å²) in [5.41, 5.74) is 3.34. The second kappa shape index (κ2) is 12.6. The van der Waals surface area contributed by atoms with Gasteiger partial charge in [-0.05, 0) is 48.7 Å². The van der Waals surface area contributed by atoms with E-state index in [1.54, 1.807) is 22.9 Å². The van der Waals surface area contributed by atoms with Gasteiger partial charge in [-0.2, -0.15) is 4.98 Å². The van der Waals surface area contributed by atoms with Gasteiger partial charge in [-0.25, -0.2) is 13.9 Å². The first-order valence-corrected chi connectivity index (χ1v) is 14.2. The van der Waals surface area contributed by atoms with Crippen LogP contribution in [0.4, 0.5) is 10.3 Å². The number of fused-ring (bicyclic) bond motifs is 1. The third-order valence-electron chi connectivity index (χ3n) is 6.35. The molecule has 0 bridgehead atoms. The van der Waals surface area contributed by atoms with Crippen LogP contribution in [0, 0.1) is 5.82 Å². The van der Waals surface area contributed by atoms with Crippen molar-refractivity contribution < 1.29 is 18.7 Å². The summed E-state index contributed by atoms with van der Waals surface area (Å²) in [4.78, 5) is 17.8. The van der Waals surface area contributed by atoms with E-state index in [9.17, 15) is 9.18 Å². The third-order valence-corrected chi connectivity index (χ3v) is 7.61. The minimum atomic E-state index is -0.575. The van der Waals surface area contributed by atoms with Crippen LogP contribution in [-0.2, 0) is 21.9 Å². The number of nitrogens with zero attached hydrogens (tertiary/aromatic N) is 3. The minimum absolute atomic E-state index is 0.273. The molecule has 4 aromatic rings. The van der Waals surface area contributed by atoms with Crippen LogP contribution in [0.15, 0.2) is 89.2 Å². The molecule has 1 aromatic heterocycles. The molecule has 10 heteroatoms. The predicted octanol–water partition coefficient (Wildman–Crippen LogP) is 7.18. The highest BCUT2D eigenvalue weighted by atomic mass is 35.5. The SMILES string of the molecule is CCCOC(=O)C1=C(C)Nc2nc(SCc3ccccc3F)nn2C1c1ccc(OCc2ccccc2Cl)cc1. The Kier molecular flexibility index (Phi) is 8.72. The van der Waals surface area contributed by atoms with Crippen molar-refractivity contribution in [3.05, 3.63) is 112 Å². The first-order valence-electron chi connectivity index (χ1n) is 12.9. The lowest BCUT2D eigenvalue weighted by atomic mass is 9.96. The molecule has 1 unspecified atom stereocenters. The zero-order chi connectivity index (χ0) is 28.1. The van der Waals surface area contributed by atoms with Gasteiger partial charge in [-0.15, -0.1) is 5.10 Å². The second-order valence-corrected chi connectivity index (χ2v) is 10.5. The van der Waals surface area contributed by atoms with Gasteiger partial charge >= 0.3 is 5.97 Å². The molecular formula is C30H28ClFN4O3S. The summed E-state index contributed by atoms with van der Waals surface area (Å²) in [7, 11) is 0. The number of benzene rings is 3. The van der Waals surface area contributed by atoms with Crippen molar-refractivity contribution >= 4 is 35.3 Å². The summed E-state index contributed by atoms with van der Waals surface area (Å²) in [6, 6.07) is 21.1. The molecule has 1 N–H and O–H groups in total. The van der Waals surface area contributed by atoms with Crippen LogP contribution >= 0.6 is 23.4 Å². The molecule has 3 aromatic carbocycles. The normalized spacial score (nSPS) is 14.4. The number of aromatic nitrogens is 3. The quantitative estimate of drug-likeness (QED) is 0.158. The summed E-state index contributed by atoms with van der Waals surface area (Å²) < 4.78 is 27.3. The lowest BCUT2D eigenvalue weighted by Gasteiger charge is -2.28. The van der Waals surface area contributed by atoms with Crippen LogP contribution < -0.4 is 10.1 Å². The summed E-state index contributed by atoms with van der Waals surface area (Å²) >= 11 is 7.58. The molecular weight excluding hydrogens is 551 g/mol. The van der Waals surface area contributed by atoms with E-state index in [1.807, 2.05) is 62.4 Å². The Morgan fingerprint density at radius 1 is 1.07 bits per heavy atom. The lowest BCUT2D eigenvalue weighted by Crippen LogP contribution is -2.29. The van der Waals surface area contributed by atoms with Crippen LogP contribution in [-0.4, -0.2) is 27.3 Å². The topological polar surface area (TPSA) is 78.3 Å². The maximum Gasteiger partial charge on any atom is 0.338 e. The number of hydrogen-bond donors (Lipinski definition) is 1. The van der Waals surface area contributed by atoms with Gasteiger partial charge in [0, 0.05) is 22.0 Å². The molecule has 1 aliphatic rings. The number of halogens is 2. The summed E-state index contributed by atoms with van der Waals surface area (Å²) in [5.74, 6) is 0.830. The van der Waals surface area contributed by atoms with E-state index >= 15 is 0 Å². The first kappa shape index (κ1) is 27.7. The van der Waals surface area contributed by atoms with Crippen molar-refractivity contribution in [2.24, 2.45) is 0 Å². The van der Waals surface area contributed by atoms with E-state index in [4.69, 9.17) is 26.2 Å². The van der Waals surface area contributed by atoms with Crippen molar-refractivity contribution in [3.8, 4) is 5.75 Å². The molecule has 0 amide bonds. The predicted molar refractivity (Wildman–Crippen MR) is 154 cm³/mol. The Bertz CT molecular complexity index is 1540. The number of hydrogen-bond acceptors (Lipinski definition) is 7. The monoisotopic (exact) mass is 578 g/mol. The Morgan fingerprint density at radius 2 is 1.80 bits per heavy atom. The van der Waals surface area contributed by atoms with Crippen LogP contribution in [0.1, 0.15) is 43.0 Å². The molecule has 1 atom stereocenters. The lowest BCUT2D eigenvalue weighted by molar-refractivity contribution is -0.139. The van der Waals surface area contributed by atoms with Crippen molar-refractivity contribution in [2.75, 3.05) is 11.9 Å². The number of thioether (sulfide) groups is 1. The zero-order valence-electron chi connectivity index (χ0n) is 22.1. The Labute approximate surface area is 241 Å². The number of anilines is 1. The number of esters is 1. The number of allylic oxidation sites excluding steroid dienone is 1. The van der Waals surface area contributed by atoms with E-state index in [0.717, 1.165) is 11.1 Å². The molecule has 0 fully saturated rings. The molecule has 0 aliphatic carbocycles.